The molecule has 0 spiro atoms. The second-order valence-electron chi connectivity index (χ2n) is 8.30. The molecule has 3 N–H and O–H groups in total. The van der Waals surface area contributed by atoms with E-state index in [4.69, 9.17) is 9.84 Å². The molecule has 4 amide bonds. The summed E-state index contributed by atoms with van der Waals surface area (Å²) in [6, 6.07) is 11.3. The van der Waals surface area contributed by atoms with Crippen molar-refractivity contribution in [2.24, 2.45) is 0 Å². The van der Waals surface area contributed by atoms with E-state index in [0.717, 1.165) is 27.4 Å². The van der Waals surface area contributed by atoms with E-state index in [1.807, 2.05) is 13.0 Å². The monoisotopic (exact) mass is 508 g/mol. The first-order valence-electron chi connectivity index (χ1n) is 11.0. The van der Waals surface area contributed by atoms with Crippen molar-refractivity contribution in [2.45, 2.75) is 31.8 Å². The van der Waals surface area contributed by atoms with E-state index in [2.05, 4.69) is 15.6 Å². The van der Waals surface area contributed by atoms with Crippen molar-refractivity contribution < 1.29 is 29.0 Å². The highest BCUT2D eigenvalue weighted by atomic mass is 32.1. The summed E-state index contributed by atoms with van der Waals surface area (Å²) < 4.78 is 5.28. The highest BCUT2D eigenvalue weighted by Gasteiger charge is 2.47. The summed E-state index contributed by atoms with van der Waals surface area (Å²) in [5.74, 6) is -2.39. The van der Waals surface area contributed by atoms with Gasteiger partial charge in [-0.25, -0.2) is 19.5 Å². The molecule has 0 bridgehead atoms. The van der Waals surface area contributed by atoms with E-state index in [9.17, 15) is 19.2 Å². The molecule has 11 heteroatoms. The van der Waals surface area contributed by atoms with Crippen LogP contribution < -0.4 is 15.4 Å². The minimum Gasteiger partial charge on any atom is -0.496 e. The summed E-state index contributed by atoms with van der Waals surface area (Å²) in [5.41, 5.74) is 1.88. The number of hydrogen-bond donors (Lipinski definition) is 3. The Morgan fingerprint density at radius 3 is 2.53 bits per heavy atom. The number of aromatic carboxylic acids is 1. The number of carboxylic acids is 1. The topological polar surface area (TPSA) is 138 Å². The Labute approximate surface area is 210 Å². The zero-order chi connectivity index (χ0) is 26.0. The average molecular weight is 509 g/mol. The Balaban J connectivity index is 1.68. The van der Waals surface area contributed by atoms with Gasteiger partial charge in [0.2, 0.25) is 5.91 Å². The Hall–Kier alpha value is -4.25. The summed E-state index contributed by atoms with van der Waals surface area (Å²) in [7, 11) is 1.54. The van der Waals surface area contributed by atoms with Crippen LogP contribution in [0.1, 0.15) is 46.1 Å². The number of methoxy groups -OCH3 is 1. The summed E-state index contributed by atoms with van der Waals surface area (Å²) in [6.45, 7) is 3.57. The molecule has 1 saturated heterocycles. The number of nitrogens with zero attached hydrogens (tertiary/aromatic N) is 2. The normalized spacial score (nSPS) is 16.9. The predicted octanol–water partition coefficient (Wildman–Crippen LogP) is 3.56. The molecule has 1 fully saturated rings. The van der Waals surface area contributed by atoms with Crippen molar-refractivity contribution in [2.75, 3.05) is 12.4 Å². The van der Waals surface area contributed by atoms with Gasteiger partial charge in [0.15, 0.2) is 10.8 Å². The molecule has 0 saturated carbocycles. The van der Waals surface area contributed by atoms with Crippen molar-refractivity contribution in [1.29, 1.82) is 0 Å². The first kappa shape index (κ1) is 24.9. The fourth-order valence-corrected chi connectivity index (χ4v) is 4.87. The molecule has 36 heavy (non-hydrogen) atoms. The van der Waals surface area contributed by atoms with E-state index in [1.54, 1.807) is 56.5 Å². The minimum absolute atomic E-state index is 0.0528. The number of thiazole rings is 1. The molecule has 3 aromatic rings. The molecule has 0 radical (unpaired) electrons. The molecule has 1 aliphatic rings. The number of carboxylic acid groups (broad SMARTS) is 1. The number of carbonyl (C=O) groups is 4. The van der Waals surface area contributed by atoms with E-state index >= 15 is 0 Å². The zero-order valence-electron chi connectivity index (χ0n) is 19.7. The Kier molecular flexibility index (Phi) is 7.02. The summed E-state index contributed by atoms with van der Waals surface area (Å²) in [5, 5.41) is 15.7. The van der Waals surface area contributed by atoms with E-state index in [-0.39, 0.29) is 10.8 Å². The first-order chi connectivity index (χ1) is 17.2. The van der Waals surface area contributed by atoms with Crippen LogP contribution in [-0.2, 0) is 9.59 Å². The van der Waals surface area contributed by atoms with Crippen molar-refractivity contribution >= 4 is 40.3 Å². The molecule has 1 aromatic heterocycles. The minimum atomic E-state index is -1.23. The first-order valence-corrected chi connectivity index (χ1v) is 11.9. The van der Waals surface area contributed by atoms with Gasteiger partial charge in [-0.2, -0.15) is 0 Å². The van der Waals surface area contributed by atoms with Crippen LogP contribution in [0.25, 0.3) is 0 Å². The van der Waals surface area contributed by atoms with E-state index in [0.29, 0.717) is 11.3 Å². The van der Waals surface area contributed by atoms with Gasteiger partial charge in [0, 0.05) is 11.3 Å². The number of rotatable bonds is 8. The zero-order valence-corrected chi connectivity index (χ0v) is 20.5. The Morgan fingerprint density at radius 2 is 1.92 bits per heavy atom. The second-order valence-corrected chi connectivity index (χ2v) is 9.15. The summed E-state index contributed by atoms with van der Waals surface area (Å²) in [6.07, 6.45) is 0. The highest BCUT2D eigenvalue weighted by molar-refractivity contribution is 7.14. The summed E-state index contributed by atoms with van der Waals surface area (Å²) in [4.78, 5) is 56.1. The van der Waals surface area contributed by atoms with Gasteiger partial charge < -0.3 is 20.5 Å². The lowest BCUT2D eigenvalue weighted by molar-refractivity contribution is -0.134. The van der Waals surface area contributed by atoms with Gasteiger partial charge in [-0.15, -0.1) is 11.3 Å². The van der Waals surface area contributed by atoms with Gasteiger partial charge in [-0.3, -0.25) is 9.59 Å². The van der Waals surface area contributed by atoms with Gasteiger partial charge in [-0.1, -0.05) is 43.3 Å². The average Bonchev–Trinajstić information content (AvgIpc) is 3.44. The SMILES string of the molecule is COc1ccc([C@H]2NC(=O)N([C@H](C(=O)Nc3nc(C(=O)O)cs3)[C@@H](C)c3ccccc3)C2=O)cc1C. The van der Waals surface area contributed by atoms with Crippen LogP contribution in [0.5, 0.6) is 5.75 Å². The standard InChI is InChI=1S/C25H24N4O6S/c1-13-11-16(9-10-18(13)35-3)19-22(31)29(25(34)27-19)20(14(2)15-7-5-4-6-8-15)21(30)28-24-26-17(12-36-24)23(32)33/h4-12,14,19-20H,1-3H3,(H,27,34)(H,32,33)(H,26,28,30)/t14-,19+,20-/m0/s1. The van der Waals surface area contributed by atoms with Gasteiger partial charge in [0.25, 0.3) is 5.91 Å². The van der Waals surface area contributed by atoms with Gasteiger partial charge >= 0.3 is 12.0 Å². The van der Waals surface area contributed by atoms with Crippen molar-refractivity contribution in [1.82, 2.24) is 15.2 Å². The second kappa shape index (κ2) is 10.2. The summed E-state index contributed by atoms with van der Waals surface area (Å²) >= 11 is 0.938. The van der Waals surface area contributed by atoms with Crippen LogP contribution in [0.2, 0.25) is 0 Å². The number of benzene rings is 2. The third-order valence-corrected chi connectivity index (χ3v) is 6.78. The van der Waals surface area contributed by atoms with Gasteiger partial charge in [0.05, 0.1) is 7.11 Å². The molecule has 3 atom stereocenters. The Bertz CT molecular complexity index is 1330. The molecule has 0 unspecified atom stereocenters. The van der Waals surface area contributed by atoms with Gasteiger partial charge in [-0.05, 0) is 35.7 Å². The molecular weight excluding hydrogens is 484 g/mol. The predicted molar refractivity (Wildman–Crippen MR) is 132 cm³/mol. The third kappa shape index (κ3) is 4.78. The molecule has 2 aromatic carbocycles. The third-order valence-electron chi connectivity index (χ3n) is 6.02. The molecule has 186 valence electrons. The lowest BCUT2D eigenvalue weighted by Crippen LogP contribution is -2.50. The number of amides is 4. The Morgan fingerprint density at radius 1 is 1.19 bits per heavy atom. The number of urea groups is 1. The van der Waals surface area contributed by atoms with Crippen molar-refractivity contribution in [3.8, 4) is 5.75 Å². The maximum Gasteiger partial charge on any atom is 0.355 e. The van der Waals surface area contributed by atoms with Crippen LogP contribution in [0.4, 0.5) is 9.93 Å². The van der Waals surface area contributed by atoms with Crippen LogP contribution in [0, 0.1) is 6.92 Å². The van der Waals surface area contributed by atoms with Crippen LogP contribution in [0.3, 0.4) is 0 Å². The molecule has 10 nitrogen and oxygen atoms in total. The van der Waals surface area contributed by atoms with Crippen LogP contribution in [0.15, 0.2) is 53.9 Å². The van der Waals surface area contributed by atoms with Crippen LogP contribution in [-0.4, -0.2) is 52.0 Å². The molecule has 1 aliphatic heterocycles. The quantitative estimate of drug-likeness (QED) is 0.396. The molecule has 2 heterocycles. The number of hydrogen-bond acceptors (Lipinski definition) is 7. The fourth-order valence-electron chi connectivity index (χ4n) is 4.18. The van der Waals surface area contributed by atoms with Crippen LogP contribution >= 0.6 is 11.3 Å². The number of ether oxygens (including phenoxy) is 1. The number of anilines is 1. The lowest BCUT2D eigenvalue weighted by Gasteiger charge is -2.29. The molecular formula is C25H24N4O6S. The number of nitrogens with one attached hydrogen (secondary N) is 2. The smallest absolute Gasteiger partial charge is 0.355 e. The van der Waals surface area contributed by atoms with E-state index < -0.39 is 41.8 Å². The maximum absolute atomic E-state index is 13.6. The molecule has 4 rings (SSSR count). The maximum atomic E-state index is 13.6. The van der Waals surface area contributed by atoms with Crippen molar-refractivity contribution in [3.05, 3.63) is 76.3 Å². The largest absolute Gasteiger partial charge is 0.496 e. The number of carbonyl (C=O) groups excluding carboxylic acids is 3. The molecule has 0 aliphatic carbocycles. The fraction of sp³-hybridized carbons (Fsp3) is 0.240. The van der Waals surface area contributed by atoms with Crippen molar-refractivity contribution in [3.63, 3.8) is 0 Å². The number of imide groups is 1. The van der Waals surface area contributed by atoms with Gasteiger partial charge in [0.1, 0.15) is 17.8 Å². The number of aromatic nitrogens is 1. The van der Waals surface area contributed by atoms with E-state index in [1.165, 1.54) is 5.38 Å². The highest BCUT2D eigenvalue weighted by Crippen LogP contribution is 2.32. The lowest BCUT2D eigenvalue weighted by atomic mass is 9.91. The number of aryl methyl sites for hydroxylation is 1.